The molecule has 0 aliphatic rings. The molecule has 0 aliphatic carbocycles. The summed E-state index contributed by atoms with van der Waals surface area (Å²) in [6.45, 7) is 1.85. The zero-order valence-electron chi connectivity index (χ0n) is 15.8. The summed E-state index contributed by atoms with van der Waals surface area (Å²) in [6, 6.07) is 2.84. The number of carbonyl (C=O) groups is 2. The normalized spacial score (nSPS) is 13.2. The molecule has 0 spiro atoms. The monoisotopic (exact) mass is 411 g/mol. The number of halogens is 2. The summed E-state index contributed by atoms with van der Waals surface area (Å²) in [5, 5.41) is 5.79. The highest BCUT2D eigenvalue weighted by atomic mass is 32.1. The van der Waals surface area contributed by atoms with E-state index in [4.69, 9.17) is 5.73 Å². The van der Waals surface area contributed by atoms with Gasteiger partial charge in [0.25, 0.3) is 0 Å². The smallest absolute Gasteiger partial charge is 0.237 e. The summed E-state index contributed by atoms with van der Waals surface area (Å²) in [5.41, 5.74) is 5.83. The van der Waals surface area contributed by atoms with Crippen molar-refractivity contribution in [3.05, 3.63) is 46.5 Å². The Morgan fingerprint density at radius 2 is 1.93 bits per heavy atom. The second kappa shape index (κ2) is 9.56. The average molecular weight is 411 g/mol. The van der Waals surface area contributed by atoms with E-state index >= 15 is 0 Å². The van der Waals surface area contributed by atoms with Crippen LogP contribution in [0.5, 0.6) is 0 Å². The Bertz CT molecular complexity index is 843. The molecule has 0 saturated heterocycles. The van der Waals surface area contributed by atoms with Gasteiger partial charge in [0, 0.05) is 17.6 Å². The number of anilines is 1. The standard InChI is InChI=1S/C18H23F2N5O2S/c1-10(25(2)3)16(26)23-9-13(11-4-5-14(19)15(20)6-11)17(27)22-7-12-8-24-18(21)28-12/h4-6,8,10,13H,7,9H2,1-3H3,(H2,21,24)(H,22,27)(H,23,26)/t10-,13-/m0/s1. The number of hydrogen-bond acceptors (Lipinski definition) is 6. The van der Waals surface area contributed by atoms with Crippen LogP contribution >= 0.6 is 11.3 Å². The van der Waals surface area contributed by atoms with Crippen molar-refractivity contribution in [2.75, 3.05) is 26.4 Å². The van der Waals surface area contributed by atoms with Gasteiger partial charge in [0.1, 0.15) is 0 Å². The molecule has 2 amide bonds. The van der Waals surface area contributed by atoms with E-state index in [-0.39, 0.29) is 24.6 Å². The molecule has 2 aromatic rings. The number of nitrogens with zero attached hydrogens (tertiary/aromatic N) is 2. The summed E-state index contributed by atoms with van der Waals surface area (Å²) in [5.74, 6) is -3.66. The molecule has 152 valence electrons. The third-order valence-corrected chi connectivity index (χ3v) is 5.13. The first-order chi connectivity index (χ1) is 13.2. The molecule has 0 unspecified atom stereocenters. The SMILES string of the molecule is C[C@@H](C(=O)NC[C@H](C(=O)NCc1cnc(N)s1)c1ccc(F)c(F)c1)N(C)C. The van der Waals surface area contributed by atoms with E-state index < -0.39 is 29.5 Å². The number of nitrogens with two attached hydrogens (primary N) is 1. The minimum atomic E-state index is -1.06. The zero-order chi connectivity index (χ0) is 20.8. The number of carbonyl (C=O) groups excluding carboxylic acids is 2. The van der Waals surface area contributed by atoms with Crippen LogP contribution in [0.25, 0.3) is 0 Å². The molecular formula is C18H23F2N5O2S. The van der Waals surface area contributed by atoms with Crippen LogP contribution in [0.1, 0.15) is 23.3 Å². The highest BCUT2D eigenvalue weighted by molar-refractivity contribution is 7.15. The van der Waals surface area contributed by atoms with Crippen LogP contribution < -0.4 is 16.4 Å². The van der Waals surface area contributed by atoms with Gasteiger partial charge in [-0.05, 0) is 38.7 Å². The number of benzene rings is 1. The van der Waals surface area contributed by atoms with Gasteiger partial charge in [-0.2, -0.15) is 0 Å². The van der Waals surface area contributed by atoms with E-state index in [1.807, 2.05) is 0 Å². The second-order valence-electron chi connectivity index (χ2n) is 6.49. The van der Waals surface area contributed by atoms with Gasteiger partial charge in [0.05, 0.1) is 18.5 Å². The average Bonchev–Trinajstić information content (AvgIpc) is 3.07. The highest BCUT2D eigenvalue weighted by Crippen LogP contribution is 2.20. The van der Waals surface area contributed by atoms with Gasteiger partial charge < -0.3 is 16.4 Å². The molecule has 2 atom stereocenters. The maximum Gasteiger partial charge on any atom is 0.237 e. The maximum atomic E-state index is 13.7. The molecule has 0 saturated carbocycles. The van der Waals surface area contributed by atoms with Crippen molar-refractivity contribution in [2.24, 2.45) is 0 Å². The molecule has 0 radical (unpaired) electrons. The van der Waals surface area contributed by atoms with E-state index in [1.165, 1.54) is 17.4 Å². The largest absolute Gasteiger partial charge is 0.375 e. The van der Waals surface area contributed by atoms with E-state index in [1.54, 1.807) is 32.1 Å². The topological polar surface area (TPSA) is 100 Å². The van der Waals surface area contributed by atoms with Gasteiger partial charge in [0.2, 0.25) is 11.8 Å². The van der Waals surface area contributed by atoms with E-state index in [0.717, 1.165) is 17.0 Å². The highest BCUT2D eigenvalue weighted by Gasteiger charge is 2.24. The minimum Gasteiger partial charge on any atom is -0.375 e. The van der Waals surface area contributed by atoms with Crippen LogP contribution in [0.4, 0.5) is 13.9 Å². The zero-order valence-corrected chi connectivity index (χ0v) is 16.6. The number of thiazole rings is 1. The van der Waals surface area contributed by atoms with E-state index in [2.05, 4.69) is 15.6 Å². The molecule has 1 aromatic heterocycles. The van der Waals surface area contributed by atoms with Crippen LogP contribution in [0, 0.1) is 11.6 Å². The summed E-state index contributed by atoms with van der Waals surface area (Å²) in [6.07, 6.45) is 1.55. The van der Waals surface area contributed by atoms with Crippen LogP contribution in [-0.4, -0.2) is 48.4 Å². The van der Waals surface area contributed by atoms with Gasteiger partial charge in [0.15, 0.2) is 16.8 Å². The number of aromatic nitrogens is 1. The first-order valence-corrected chi connectivity index (χ1v) is 9.37. The molecule has 1 aromatic carbocycles. The Kier molecular flexibility index (Phi) is 7.41. The van der Waals surface area contributed by atoms with Crippen molar-refractivity contribution in [3.8, 4) is 0 Å². The van der Waals surface area contributed by atoms with Crippen molar-refractivity contribution in [2.45, 2.75) is 25.4 Å². The molecule has 0 fully saturated rings. The number of likely N-dealkylation sites (N-methyl/N-ethyl adjacent to an activating group) is 1. The number of amides is 2. The Hall–Kier alpha value is -2.59. The fourth-order valence-electron chi connectivity index (χ4n) is 2.38. The Labute approximate surface area is 165 Å². The third kappa shape index (κ3) is 5.70. The number of nitrogens with one attached hydrogen (secondary N) is 2. The summed E-state index contributed by atoms with van der Waals surface area (Å²) >= 11 is 1.23. The van der Waals surface area contributed by atoms with Crippen LogP contribution in [0.2, 0.25) is 0 Å². The summed E-state index contributed by atoms with van der Waals surface area (Å²) in [7, 11) is 3.51. The predicted molar refractivity (Wildman–Crippen MR) is 104 cm³/mol. The Morgan fingerprint density at radius 3 is 2.50 bits per heavy atom. The number of hydrogen-bond donors (Lipinski definition) is 3. The van der Waals surface area contributed by atoms with Crippen molar-refractivity contribution >= 4 is 28.3 Å². The lowest BCUT2D eigenvalue weighted by Gasteiger charge is -2.22. The number of rotatable bonds is 8. The second-order valence-corrected chi connectivity index (χ2v) is 7.64. The lowest BCUT2D eigenvalue weighted by molar-refractivity contribution is -0.125. The van der Waals surface area contributed by atoms with Gasteiger partial charge in [-0.3, -0.25) is 14.5 Å². The van der Waals surface area contributed by atoms with Gasteiger partial charge in [-0.15, -0.1) is 11.3 Å². The van der Waals surface area contributed by atoms with Crippen molar-refractivity contribution in [3.63, 3.8) is 0 Å². The fourth-order valence-corrected chi connectivity index (χ4v) is 3.00. The molecule has 7 nitrogen and oxygen atoms in total. The van der Waals surface area contributed by atoms with E-state index in [9.17, 15) is 18.4 Å². The maximum absolute atomic E-state index is 13.7. The molecular weight excluding hydrogens is 388 g/mol. The molecule has 4 N–H and O–H groups in total. The van der Waals surface area contributed by atoms with Crippen LogP contribution in [0.3, 0.4) is 0 Å². The fraction of sp³-hybridized carbons (Fsp3) is 0.389. The minimum absolute atomic E-state index is 0.0568. The van der Waals surface area contributed by atoms with Crippen molar-refractivity contribution in [1.82, 2.24) is 20.5 Å². The van der Waals surface area contributed by atoms with Crippen LogP contribution in [-0.2, 0) is 16.1 Å². The molecule has 2 rings (SSSR count). The molecule has 28 heavy (non-hydrogen) atoms. The lowest BCUT2D eigenvalue weighted by Crippen LogP contribution is -2.44. The third-order valence-electron chi connectivity index (χ3n) is 4.31. The van der Waals surface area contributed by atoms with Gasteiger partial charge in [-0.1, -0.05) is 6.07 Å². The molecule has 0 aliphatic heterocycles. The summed E-state index contributed by atoms with van der Waals surface area (Å²) < 4.78 is 26.9. The molecule has 10 heteroatoms. The summed E-state index contributed by atoms with van der Waals surface area (Å²) in [4.78, 5) is 31.3. The lowest BCUT2D eigenvalue weighted by atomic mass is 9.97. The Balaban J connectivity index is 2.13. The van der Waals surface area contributed by atoms with Crippen LogP contribution in [0.15, 0.2) is 24.4 Å². The van der Waals surface area contributed by atoms with Crippen molar-refractivity contribution < 1.29 is 18.4 Å². The first-order valence-electron chi connectivity index (χ1n) is 8.56. The van der Waals surface area contributed by atoms with Gasteiger partial charge >= 0.3 is 0 Å². The first kappa shape index (κ1) is 21.7. The van der Waals surface area contributed by atoms with E-state index in [0.29, 0.717) is 5.13 Å². The number of nitrogen functional groups attached to an aromatic ring is 1. The van der Waals surface area contributed by atoms with Gasteiger partial charge in [-0.25, -0.2) is 13.8 Å². The molecule has 0 bridgehead atoms. The Morgan fingerprint density at radius 1 is 1.21 bits per heavy atom. The quantitative estimate of drug-likeness (QED) is 0.611. The molecule has 1 heterocycles. The van der Waals surface area contributed by atoms with Crippen molar-refractivity contribution in [1.29, 1.82) is 0 Å². The predicted octanol–water partition coefficient (Wildman–Crippen LogP) is 1.47.